The maximum atomic E-state index is 13.3. The van der Waals surface area contributed by atoms with Gasteiger partial charge in [-0.15, -0.1) is 0 Å². The lowest BCUT2D eigenvalue weighted by atomic mass is 10.2. The van der Waals surface area contributed by atoms with Crippen LogP contribution in [0.4, 0.5) is 20.2 Å². The Kier molecular flexibility index (Phi) is 8.63. The number of halogens is 5. The Morgan fingerprint density at radius 3 is 1.85 bits per heavy atom. The van der Waals surface area contributed by atoms with Gasteiger partial charge in [0.1, 0.15) is 6.07 Å². The Balaban J connectivity index is 0.000000271. The molecule has 0 radical (unpaired) electrons. The molecule has 27 heavy (non-hydrogen) atoms. The average molecular weight is 479 g/mol. The van der Waals surface area contributed by atoms with Gasteiger partial charge in [0, 0.05) is 18.3 Å². The van der Waals surface area contributed by atoms with Gasteiger partial charge in [0.25, 0.3) is 0 Å². The Labute approximate surface area is 172 Å². The highest BCUT2D eigenvalue weighted by molar-refractivity contribution is 9.10. The first-order chi connectivity index (χ1) is 12.6. The second-order valence-corrected chi connectivity index (χ2v) is 6.60. The number of hydrogen-bond donors (Lipinski definition) is 2. The van der Waals surface area contributed by atoms with E-state index in [1.165, 1.54) is 32.0 Å². The minimum atomic E-state index is -0.791. The van der Waals surface area contributed by atoms with E-state index in [4.69, 9.17) is 28.5 Å². The number of rotatable bonds is 2. The topological polar surface area (TPSA) is 82.0 Å². The number of anilines is 2. The predicted molar refractivity (Wildman–Crippen MR) is 104 cm³/mol. The van der Waals surface area contributed by atoms with Crippen LogP contribution in [0.5, 0.6) is 0 Å². The smallest absolute Gasteiger partial charge is 0.221 e. The maximum absolute atomic E-state index is 13.3. The van der Waals surface area contributed by atoms with Crippen molar-refractivity contribution in [3.63, 3.8) is 0 Å². The van der Waals surface area contributed by atoms with E-state index in [0.717, 1.165) is 0 Å². The SMILES string of the molecule is CC(=O)Nc1ccc(Br)c(Cl)c1F.CC(=O)Nc1ccc(C#N)c(Cl)c1F. The van der Waals surface area contributed by atoms with Crippen molar-refractivity contribution in [2.45, 2.75) is 13.8 Å². The van der Waals surface area contributed by atoms with Crippen LogP contribution in [0.25, 0.3) is 0 Å². The number of carbonyl (C=O) groups excluding carboxylic acids is 2. The minimum Gasteiger partial charge on any atom is -0.324 e. The molecule has 0 spiro atoms. The average Bonchev–Trinajstić information content (AvgIpc) is 2.60. The van der Waals surface area contributed by atoms with Gasteiger partial charge in [-0.05, 0) is 40.2 Å². The van der Waals surface area contributed by atoms with E-state index < -0.39 is 17.5 Å². The van der Waals surface area contributed by atoms with Crippen molar-refractivity contribution in [2.75, 3.05) is 10.6 Å². The number of hydrogen-bond acceptors (Lipinski definition) is 3. The highest BCUT2D eigenvalue weighted by Crippen LogP contribution is 2.30. The quantitative estimate of drug-likeness (QED) is 0.558. The lowest BCUT2D eigenvalue weighted by Crippen LogP contribution is -2.07. The first-order valence-corrected chi connectivity index (χ1v) is 8.70. The molecule has 0 unspecified atom stereocenters. The number of benzene rings is 2. The normalized spacial score (nSPS) is 9.56. The summed E-state index contributed by atoms with van der Waals surface area (Å²) in [7, 11) is 0. The fourth-order valence-corrected chi connectivity index (χ4v) is 2.41. The molecule has 2 rings (SSSR count). The van der Waals surface area contributed by atoms with E-state index in [0.29, 0.717) is 4.47 Å². The molecule has 5 nitrogen and oxygen atoms in total. The van der Waals surface area contributed by atoms with Gasteiger partial charge in [-0.3, -0.25) is 9.59 Å². The molecular weight excluding hydrogens is 467 g/mol. The first-order valence-electron chi connectivity index (χ1n) is 7.15. The lowest BCUT2D eigenvalue weighted by molar-refractivity contribution is -0.115. The molecular formula is C17H12BrCl2F2N3O2. The van der Waals surface area contributed by atoms with Crippen LogP contribution in [0, 0.1) is 23.0 Å². The van der Waals surface area contributed by atoms with Crippen molar-refractivity contribution in [3.8, 4) is 6.07 Å². The van der Waals surface area contributed by atoms with E-state index in [-0.39, 0.29) is 32.9 Å². The molecule has 0 saturated heterocycles. The summed E-state index contributed by atoms with van der Waals surface area (Å²) in [4.78, 5) is 21.3. The van der Waals surface area contributed by atoms with Gasteiger partial charge >= 0.3 is 0 Å². The summed E-state index contributed by atoms with van der Waals surface area (Å²) in [5.41, 5.74) is 0.0977. The van der Waals surface area contributed by atoms with Crippen molar-refractivity contribution in [1.82, 2.24) is 0 Å². The molecule has 0 aliphatic carbocycles. The Bertz CT molecular complexity index is 933. The fraction of sp³-hybridized carbons (Fsp3) is 0.118. The largest absolute Gasteiger partial charge is 0.324 e. The van der Waals surface area contributed by atoms with Gasteiger partial charge < -0.3 is 10.6 Å². The Hall–Kier alpha value is -2.21. The van der Waals surface area contributed by atoms with Crippen molar-refractivity contribution in [2.24, 2.45) is 0 Å². The molecule has 0 saturated carbocycles. The molecule has 0 atom stereocenters. The fourth-order valence-electron chi connectivity index (χ4n) is 1.73. The second kappa shape index (κ2) is 10.2. The number of amides is 2. The van der Waals surface area contributed by atoms with Crippen molar-refractivity contribution < 1.29 is 18.4 Å². The van der Waals surface area contributed by atoms with E-state index in [1.807, 2.05) is 0 Å². The van der Waals surface area contributed by atoms with Crippen LogP contribution in [0.3, 0.4) is 0 Å². The molecule has 2 aromatic carbocycles. The van der Waals surface area contributed by atoms with Gasteiger partial charge in [0.2, 0.25) is 11.8 Å². The third-order valence-corrected chi connectivity index (χ3v) is 4.49. The van der Waals surface area contributed by atoms with Crippen LogP contribution in [0.2, 0.25) is 10.0 Å². The summed E-state index contributed by atoms with van der Waals surface area (Å²) in [5.74, 6) is -2.16. The molecule has 0 aliphatic heterocycles. The van der Waals surface area contributed by atoms with Gasteiger partial charge in [0.05, 0.1) is 27.0 Å². The zero-order valence-corrected chi connectivity index (χ0v) is 17.1. The van der Waals surface area contributed by atoms with E-state index in [9.17, 15) is 18.4 Å². The second-order valence-electron chi connectivity index (χ2n) is 4.99. The lowest BCUT2D eigenvalue weighted by Gasteiger charge is -2.05. The minimum absolute atomic E-state index is 0.0264. The van der Waals surface area contributed by atoms with Crippen LogP contribution in [0.1, 0.15) is 19.4 Å². The molecule has 10 heteroatoms. The monoisotopic (exact) mass is 477 g/mol. The summed E-state index contributed by atoms with van der Waals surface area (Å²) >= 11 is 14.2. The van der Waals surface area contributed by atoms with Crippen LogP contribution < -0.4 is 10.6 Å². The highest BCUT2D eigenvalue weighted by atomic mass is 79.9. The summed E-state index contributed by atoms with van der Waals surface area (Å²) in [5, 5.41) is 12.8. The van der Waals surface area contributed by atoms with Crippen molar-refractivity contribution in [1.29, 1.82) is 5.26 Å². The summed E-state index contributed by atoms with van der Waals surface area (Å²) in [6.07, 6.45) is 0. The van der Waals surface area contributed by atoms with Crippen molar-refractivity contribution in [3.05, 3.63) is 56.0 Å². The first kappa shape index (κ1) is 22.8. The number of nitrogens with zero attached hydrogens (tertiary/aromatic N) is 1. The van der Waals surface area contributed by atoms with Gasteiger partial charge in [-0.1, -0.05) is 23.2 Å². The molecule has 2 N–H and O–H groups in total. The zero-order chi connectivity index (χ0) is 20.7. The molecule has 0 bridgehead atoms. The van der Waals surface area contributed by atoms with Gasteiger partial charge in [0.15, 0.2) is 11.6 Å². The maximum Gasteiger partial charge on any atom is 0.221 e. The summed E-state index contributed by atoms with van der Waals surface area (Å²) < 4.78 is 27.0. The molecule has 0 aromatic heterocycles. The van der Waals surface area contributed by atoms with Crippen LogP contribution >= 0.6 is 39.1 Å². The van der Waals surface area contributed by atoms with Crippen LogP contribution in [-0.4, -0.2) is 11.8 Å². The third-order valence-electron chi connectivity index (χ3n) is 2.86. The van der Waals surface area contributed by atoms with Gasteiger partial charge in [-0.25, -0.2) is 8.78 Å². The summed E-state index contributed by atoms with van der Waals surface area (Å²) in [6.45, 7) is 2.56. The number of carbonyl (C=O) groups is 2. The summed E-state index contributed by atoms with van der Waals surface area (Å²) in [6, 6.07) is 7.37. The molecule has 2 amide bonds. The van der Waals surface area contributed by atoms with E-state index >= 15 is 0 Å². The van der Waals surface area contributed by atoms with Crippen LogP contribution in [-0.2, 0) is 9.59 Å². The number of nitriles is 1. The van der Waals surface area contributed by atoms with Crippen molar-refractivity contribution >= 4 is 62.3 Å². The molecule has 0 fully saturated rings. The van der Waals surface area contributed by atoms with E-state index in [2.05, 4.69) is 26.6 Å². The van der Waals surface area contributed by atoms with E-state index in [1.54, 1.807) is 12.1 Å². The molecule has 2 aromatic rings. The standard InChI is InChI=1S/C9H6ClFN2O.C8H6BrClFNO/c1-5(14)13-7-3-2-6(4-12)8(10)9(7)11;1-4(13)12-6-3-2-5(9)7(10)8(6)11/h2-3H,1H3,(H,13,14);2-3H,1H3,(H,12,13). The predicted octanol–water partition coefficient (Wildman–Crippen LogP) is 5.51. The highest BCUT2D eigenvalue weighted by Gasteiger charge is 2.12. The molecule has 0 aliphatic rings. The van der Waals surface area contributed by atoms with Crippen LogP contribution in [0.15, 0.2) is 28.7 Å². The van der Waals surface area contributed by atoms with Gasteiger partial charge in [-0.2, -0.15) is 5.26 Å². The third kappa shape index (κ3) is 6.47. The number of nitrogens with one attached hydrogen (secondary N) is 2. The molecule has 0 heterocycles. The Morgan fingerprint density at radius 2 is 1.41 bits per heavy atom. The zero-order valence-electron chi connectivity index (χ0n) is 14.0. The molecule has 142 valence electrons. The Morgan fingerprint density at radius 1 is 0.963 bits per heavy atom.